The summed E-state index contributed by atoms with van der Waals surface area (Å²) < 4.78 is 301. The van der Waals surface area contributed by atoms with Gasteiger partial charge >= 0.3 is 0 Å². The highest BCUT2D eigenvalue weighted by atomic mass is 31.2. The fraction of sp³-hybridized carbons (Fsp3) is 0.0196. The topological polar surface area (TPSA) is 9.23 Å². The minimum Gasteiger partial charge on any atom is -0.210 e. The van der Waals surface area contributed by atoms with E-state index in [1.165, 1.54) is 27.0 Å². The summed E-state index contributed by atoms with van der Waals surface area (Å²) in [7, 11) is -2.31. The monoisotopic (exact) mass is 1070 g/mol. The van der Waals surface area contributed by atoms with Crippen molar-refractivity contribution in [3.63, 3.8) is 0 Å². The van der Waals surface area contributed by atoms with Crippen LogP contribution in [-0.2, 0) is 4.52 Å². The molecule has 8 aromatic rings. The van der Waals surface area contributed by atoms with E-state index in [1.54, 1.807) is 0 Å². The van der Waals surface area contributed by atoms with Gasteiger partial charge in [0.05, 0.1) is 0 Å². The van der Waals surface area contributed by atoms with E-state index in [-0.39, 0.29) is 6.10 Å². The smallest absolute Gasteiger partial charge is 0.210 e. The maximum atomic E-state index is 15.4. The number of benzene rings is 8. The van der Waals surface area contributed by atoms with Crippen LogP contribution in [0.5, 0.6) is 0 Å². The standard InChI is InChI=1S/C27H22OP.C24BF20/c1-4-13-23(14-5-1)29(24-15-6-2-7-16-24,25-17-8-3-9-18-25)28-27-21-20-22-12-10-11-19-26(22)27;26-5-1(6(27)14(35)21(42)13(5)34)25(2-7(28)15(36)22(43)16(37)8(2)29,3-9(30)17(38)23(44)18(39)10(3)31)4-11(32)19(40)24(45)20(41)12(4)33/h1-21,27H;/q+1;-1. The predicted octanol–water partition coefficient (Wildman–Crippen LogP) is 11.5. The third-order valence-electron chi connectivity index (χ3n) is 12.1. The normalized spacial score (nSPS) is 13.3. The minimum absolute atomic E-state index is 0.0693. The first-order chi connectivity index (χ1) is 35.1. The van der Waals surface area contributed by atoms with Crippen LogP contribution in [0, 0.1) is 116 Å². The second-order valence-corrected chi connectivity index (χ2v) is 18.9. The van der Waals surface area contributed by atoms with Gasteiger partial charge in [0.25, 0.3) is 0 Å². The van der Waals surface area contributed by atoms with Gasteiger partial charge in [0.15, 0.2) is 69.8 Å². The predicted molar refractivity (Wildman–Crippen MR) is 234 cm³/mol. The SMILES string of the molecule is C1=CC(O[P+](c2ccccc2)(c2ccccc2)c2ccccc2)c2ccccc21.Fc1c(F)c(F)c([B-](c2c(F)c(F)c(F)c(F)c2F)(c2c(F)c(F)c(F)c(F)c2F)c2c(F)c(F)c(F)c(F)c2F)c(F)c1F. The molecule has 380 valence electrons. The van der Waals surface area contributed by atoms with Crippen molar-refractivity contribution in [3.05, 3.63) is 249 Å². The molecule has 1 nitrogen and oxygen atoms in total. The fourth-order valence-electron chi connectivity index (χ4n) is 8.90. The lowest BCUT2D eigenvalue weighted by atomic mass is 9.12. The minimum atomic E-state index is -7.22. The van der Waals surface area contributed by atoms with Crippen molar-refractivity contribution < 1.29 is 92.3 Å². The van der Waals surface area contributed by atoms with E-state index in [9.17, 15) is 52.7 Å². The van der Waals surface area contributed by atoms with Gasteiger partial charge in [-0.2, -0.15) is 0 Å². The van der Waals surface area contributed by atoms with Gasteiger partial charge in [0.1, 0.15) is 74.7 Å². The lowest BCUT2D eigenvalue weighted by Crippen LogP contribution is -2.81. The Morgan fingerprint density at radius 1 is 0.284 bits per heavy atom. The molecule has 74 heavy (non-hydrogen) atoms. The average molecular weight is 1070 g/mol. The van der Waals surface area contributed by atoms with Gasteiger partial charge in [-0.05, 0) is 53.6 Å². The third-order valence-corrected chi connectivity index (χ3v) is 15.7. The Morgan fingerprint density at radius 3 is 0.784 bits per heavy atom. The van der Waals surface area contributed by atoms with E-state index in [0.29, 0.717) is 0 Å². The number of fused-ring (bicyclic) bond motifs is 1. The quantitative estimate of drug-likeness (QED) is 0.0460. The highest BCUT2D eigenvalue weighted by molar-refractivity contribution is 7.91. The maximum Gasteiger partial charge on any atom is 0.243 e. The summed E-state index contributed by atoms with van der Waals surface area (Å²) in [6.45, 7) is 0. The lowest BCUT2D eigenvalue weighted by molar-refractivity contribution is 0.291. The molecule has 0 saturated heterocycles. The van der Waals surface area contributed by atoms with Gasteiger partial charge in [-0.15, -0.1) is 21.9 Å². The van der Waals surface area contributed by atoms with Crippen LogP contribution in [0.15, 0.2) is 121 Å². The molecule has 0 radical (unpaired) electrons. The molecule has 1 aliphatic rings. The summed E-state index contributed by atoms with van der Waals surface area (Å²) in [4.78, 5) is 0. The Hall–Kier alpha value is -7.45. The Bertz CT molecular complexity index is 3070. The van der Waals surface area contributed by atoms with Crippen molar-refractivity contribution in [1.82, 2.24) is 0 Å². The number of halogens is 20. The molecule has 0 spiro atoms. The molecule has 0 fully saturated rings. The summed E-state index contributed by atoms with van der Waals surface area (Å²) in [5.41, 5.74) is -11.9. The van der Waals surface area contributed by atoms with Gasteiger partial charge in [-0.25, -0.2) is 92.3 Å². The third kappa shape index (κ3) is 8.09. The number of hydrogen-bond acceptors (Lipinski definition) is 1. The Labute approximate surface area is 403 Å². The van der Waals surface area contributed by atoms with Crippen molar-refractivity contribution >= 4 is 57.5 Å². The first-order valence-corrected chi connectivity index (χ1v) is 22.5. The van der Waals surface area contributed by atoms with Crippen molar-refractivity contribution in [3.8, 4) is 0 Å². The Morgan fingerprint density at radius 2 is 0.514 bits per heavy atom. The van der Waals surface area contributed by atoms with E-state index in [0.717, 1.165) is 0 Å². The van der Waals surface area contributed by atoms with E-state index >= 15 is 35.1 Å². The summed E-state index contributed by atoms with van der Waals surface area (Å²) >= 11 is 0. The maximum absolute atomic E-state index is 15.4. The molecule has 0 bridgehead atoms. The van der Waals surface area contributed by atoms with Crippen LogP contribution < -0.4 is 37.8 Å². The van der Waals surface area contributed by atoms with E-state index < -0.39 is 152 Å². The van der Waals surface area contributed by atoms with Crippen LogP contribution in [0.2, 0.25) is 0 Å². The van der Waals surface area contributed by atoms with Crippen LogP contribution >= 0.6 is 7.49 Å². The zero-order valence-corrected chi connectivity index (χ0v) is 37.1. The van der Waals surface area contributed by atoms with Crippen LogP contribution in [0.3, 0.4) is 0 Å². The summed E-state index contributed by atoms with van der Waals surface area (Å²) in [6.07, 6.45) is -2.92. The Kier molecular flexibility index (Phi) is 14.4. The summed E-state index contributed by atoms with van der Waals surface area (Å²) in [5, 5.41) is 3.69. The zero-order valence-electron chi connectivity index (χ0n) is 36.2. The van der Waals surface area contributed by atoms with Crippen molar-refractivity contribution in [2.75, 3.05) is 0 Å². The highest BCUT2D eigenvalue weighted by Gasteiger charge is 2.53. The second kappa shape index (κ2) is 20.1. The van der Waals surface area contributed by atoms with Crippen LogP contribution in [0.1, 0.15) is 17.2 Å². The molecule has 8 aromatic carbocycles. The molecule has 0 saturated carbocycles. The summed E-state index contributed by atoms with van der Waals surface area (Å²) in [6, 6.07) is 40.6. The molecule has 0 heterocycles. The van der Waals surface area contributed by atoms with Crippen molar-refractivity contribution in [2.45, 2.75) is 6.10 Å². The fourth-order valence-corrected chi connectivity index (χ4v) is 12.5. The molecular weight excluding hydrogens is 1050 g/mol. The van der Waals surface area contributed by atoms with Gasteiger partial charge in [-0.1, -0.05) is 84.9 Å². The molecule has 0 amide bonds. The molecule has 1 aliphatic carbocycles. The van der Waals surface area contributed by atoms with Crippen molar-refractivity contribution in [2.24, 2.45) is 0 Å². The molecule has 0 N–H and O–H groups in total. The molecule has 23 heteroatoms. The molecule has 0 aromatic heterocycles. The van der Waals surface area contributed by atoms with E-state index in [1.807, 2.05) is 0 Å². The first kappa shape index (κ1) is 52.9. The molecule has 9 rings (SSSR count). The number of hydrogen-bond donors (Lipinski definition) is 0. The first-order valence-electron chi connectivity index (χ1n) is 20.8. The molecule has 1 atom stereocenters. The van der Waals surface area contributed by atoms with Crippen LogP contribution in [0.4, 0.5) is 87.8 Å². The van der Waals surface area contributed by atoms with Crippen molar-refractivity contribution in [1.29, 1.82) is 0 Å². The zero-order chi connectivity index (χ0) is 53.9. The van der Waals surface area contributed by atoms with E-state index in [4.69, 9.17) is 4.52 Å². The average Bonchev–Trinajstić information content (AvgIpc) is 3.83. The van der Waals surface area contributed by atoms with E-state index in [2.05, 4.69) is 127 Å². The Balaban J connectivity index is 0.000000215. The van der Waals surface area contributed by atoms with Gasteiger partial charge < -0.3 is 0 Å². The van der Waals surface area contributed by atoms with Gasteiger partial charge in [0.2, 0.25) is 7.49 Å². The molecule has 1 unspecified atom stereocenters. The van der Waals surface area contributed by atoms with Gasteiger partial charge in [0, 0.05) is 0 Å². The summed E-state index contributed by atoms with van der Waals surface area (Å²) in [5.74, 6) is -71.4. The lowest BCUT2D eigenvalue weighted by Gasteiger charge is -2.44. The van der Waals surface area contributed by atoms with Crippen LogP contribution in [-0.4, -0.2) is 6.15 Å². The molecule has 0 aliphatic heterocycles. The largest absolute Gasteiger partial charge is 0.243 e. The second-order valence-electron chi connectivity index (χ2n) is 15.9. The van der Waals surface area contributed by atoms with Crippen LogP contribution in [0.25, 0.3) is 6.08 Å². The highest BCUT2D eigenvalue weighted by Crippen LogP contribution is 2.60. The number of rotatable bonds is 9. The molecular formula is C51H22BF20OP. The van der Waals surface area contributed by atoms with Gasteiger partial charge in [-0.3, -0.25) is 0 Å².